The van der Waals surface area contributed by atoms with Crippen LogP contribution >= 0.6 is 0 Å². The number of nitrogens with zero attached hydrogens (tertiary/aromatic N) is 1. The minimum atomic E-state index is -0.494. The third-order valence-corrected chi connectivity index (χ3v) is 4.51. The van der Waals surface area contributed by atoms with E-state index in [0.717, 1.165) is 30.2 Å². The van der Waals surface area contributed by atoms with Gasteiger partial charge in [0, 0.05) is 6.54 Å². The fraction of sp³-hybridized carbons (Fsp3) is 0.562. The van der Waals surface area contributed by atoms with Gasteiger partial charge in [0.25, 0.3) is 11.8 Å². The Morgan fingerprint density at radius 3 is 2.71 bits per heavy atom. The van der Waals surface area contributed by atoms with Gasteiger partial charge in [0.05, 0.1) is 12.0 Å². The fourth-order valence-electron chi connectivity index (χ4n) is 3.38. The molecule has 0 radical (unpaired) electrons. The molecular weight excluding hydrogens is 270 g/mol. The highest BCUT2D eigenvalue weighted by molar-refractivity contribution is 6.15. The van der Waals surface area contributed by atoms with Crippen LogP contribution in [0.1, 0.15) is 32.6 Å². The molecule has 21 heavy (non-hydrogen) atoms. The van der Waals surface area contributed by atoms with Crippen LogP contribution in [0.4, 0.5) is 0 Å². The van der Waals surface area contributed by atoms with Crippen molar-refractivity contribution in [2.75, 3.05) is 6.54 Å². The van der Waals surface area contributed by atoms with Crippen LogP contribution in [0, 0.1) is 17.8 Å². The van der Waals surface area contributed by atoms with Gasteiger partial charge in [-0.2, -0.15) is 0 Å². The Kier molecular flexibility index (Phi) is 3.66. The molecule has 5 nitrogen and oxygen atoms in total. The van der Waals surface area contributed by atoms with Gasteiger partial charge in [-0.25, -0.2) is 0 Å². The molecule has 112 valence electrons. The maximum absolute atomic E-state index is 12.3. The molecule has 0 aromatic rings. The first-order chi connectivity index (χ1) is 10.1. The maximum Gasteiger partial charge on any atom is 0.315 e. The highest BCUT2D eigenvalue weighted by atomic mass is 16.5. The zero-order valence-electron chi connectivity index (χ0n) is 12.1. The second-order valence-electron chi connectivity index (χ2n) is 5.95. The number of imide groups is 1. The van der Waals surface area contributed by atoms with Gasteiger partial charge in [0.15, 0.2) is 0 Å². The average Bonchev–Trinajstić information content (AvgIpc) is 2.76. The third-order valence-electron chi connectivity index (χ3n) is 4.51. The summed E-state index contributed by atoms with van der Waals surface area (Å²) in [5.41, 5.74) is 0. The van der Waals surface area contributed by atoms with Crippen molar-refractivity contribution in [3.8, 4) is 0 Å². The lowest BCUT2D eigenvalue weighted by Gasteiger charge is -2.36. The number of hydrogen-bond donors (Lipinski definition) is 0. The van der Waals surface area contributed by atoms with Crippen molar-refractivity contribution in [3.63, 3.8) is 0 Å². The number of fused-ring (bicyclic) bond motifs is 2. The summed E-state index contributed by atoms with van der Waals surface area (Å²) in [5.74, 6) is -0.913. The summed E-state index contributed by atoms with van der Waals surface area (Å²) in [6, 6.07) is 0. The van der Waals surface area contributed by atoms with E-state index in [2.05, 4.69) is 12.2 Å². The van der Waals surface area contributed by atoms with E-state index < -0.39 is 11.8 Å². The van der Waals surface area contributed by atoms with E-state index in [1.54, 1.807) is 0 Å². The molecule has 4 rings (SSSR count). The topological polar surface area (TPSA) is 63.7 Å². The summed E-state index contributed by atoms with van der Waals surface area (Å²) in [5, 5.41) is 0. The summed E-state index contributed by atoms with van der Waals surface area (Å²) in [6.07, 6.45) is 8.97. The monoisotopic (exact) mass is 289 g/mol. The van der Waals surface area contributed by atoms with Gasteiger partial charge >= 0.3 is 5.97 Å². The SMILES string of the molecule is CCCN1C(=O)C=C(OC(=O)C2CC3C=CC2CC3)C1=O. The lowest BCUT2D eigenvalue weighted by atomic mass is 9.69. The second-order valence-corrected chi connectivity index (χ2v) is 5.95. The van der Waals surface area contributed by atoms with Crippen LogP contribution in [-0.4, -0.2) is 29.2 Å². The Bertz CT molecular complexity index is 548. The largest absolute Gasteiger partial charge is 0.420 e. The lowest BCUT2D eigenvalue weighted by molar-refractivity contribution is -0.152. The second kappa shape index (κ2) is 5.47. The molecule has 0 spiro atoms. The number of esters is 1. The molecule has 4 aliphatic rings. The first-order valence-corrected chi connectivity index (χ1v) is 7.57. The van der Waals surface area contributed by atoms with Crippen LogP contribution < -0.4 is 0 Å². The molecule has 0 aromatic heterocycles. The quantitative estimate of drug-likeness (QED) is 0.450. The Labute approximate surface area is 123 Å². The van der Waals surface area contributed by atoms with Gasteiger partial charge in [0.1, 0.15) is 0 Å². The highest BCUT2D eigenvalue weighted by Crippen LogP contribution is 2.41. The third kappa shape index (κ3) is 2.52. The highest BCUT2D eigenvalue weighted by Gasteiger charge is 2.40. The molecule has 0 N–H and O–H groups in total. The van der Waals surface area contributed by atoms with Crippen molar-refractivity contribution < 1.29 is 19.1 Å². The number of hydrogen-bond acceptors (Lipinski definition) is 4. The summed E-state index contributed by atoms with van der Waals surface area (Å²) in [4.78, 5) is 37.1. The summed E-state index contributed by atoms with van der Waals surface area (Å²) in [7, 11) is 0. The zero-order chi connectivity index (χ0) is 15.0. The Morgan fingerprint density at radius 1 is 1.33 bits per heavy atom. The van der Waals surface area contributed by atoms with Crippen molar-refractivity contribution >= 4 is 17.8 Å². The van der Waals surface area contributed by atoms with Crippen molar-refractivity contribution in [2.45, 2.75) is 32.6 Å². The Hall–Kier alpha value is -1.91. The summed E-state index contributed by atoms with van der Waals surface area (Å²) >= 11 is 0. The molecule has 0 saturated heterocycles. The number of carbonyl (C=O) groups excluding carboxylic acids is 3. The molecule has 2 bridgehead atoms. The zero-order valence-corrected chi connectivity index (χ0v) is 12.1. The molecule has 1 heterocycles. The standard InChI is InChI=1S/C16H19NO4/c1-2-7-17-14(18)9-13(15(17)19)21-16(20)12-8-10-3-5-11(12)6-4-10/h3,5,9-12H,2,4,6-8H2,1H3. The van der Waals surface area contributed by atoms with Crippen LogP contribution in [0.2, 0.25) is 0 Å². The maximum atomic E-state index is 12.3. The molecule has 5 heteroatoms. The van der Waals surface area contributed by atoms with E-state index in [9.17, 15) is 14.4 Å². The molecule has 2 amide bonds. The molecular formula is C16H19NO4. The summed E-state index contributed by atoms with van der Waals surface area (Å²) in [6.45, 7) is 2.24. The predicted octanol–water partition coefficient (Wildman–Crippen LogP) is 1.79. The molecule has 3 atom stereocenters. The molecule has 0 aromatic carbocycles. The first kappa shape index (κ1) is 14.0. The lowest BCUT2D eigenvalue weighted by Crippen LogP contribution is -2.35. The van der Waals surface area contributed by atoms with Gasteiger partial charge in [-0.05, 0) is 37.5 Å². The molecule has 1 saturated carbocycles. The average molecular weight is 289 g/mol. The van der Waals surface area contributed by atoms with Crippen LogP contribution in [0.15, 0.2) is 24.0 Å². The molecule has 3 unspecified atom stereocenters. The number of amides is 2. The smallest absolute Gasteiger partial charge is 0.315 e. The van der Waals surface area contributed by atoms with E-state index in [4.69, 9.17) is 4.74 Å². The van der Waals surface area contributed by atoms with E-state index in [1.807, 2.05) is 6.92 Å². The van der Waals surface area contributed by atoms with Crippen molar-refractivity contribution in [3.05, 3.63) is 24.0 Å². The van der Waals surface area contributed by atoms with Crippen molar-refractivity contribution in [1.82, 2.24) is 4.90 Å². The Balaban J connectivity index is 1.66. The Morgan fingerprint density at radius 2 is 2.14 bits per heavy atom. The minimum absolute atomic E-state index is 0.121. The van der Waals surface area contributed by atoms with Crippen molar-refractivity contribution in [2.24, 2.45) is 17.8 Å². The van der Waals surface area contributed by atoms with Crippen LogP contribution in [0.3, 0.4) is 0 Å². The first-order valence-electron chi connectivity index (χ1n) is 7.57. The van der Waals surface area contributed by atoms with E-state index in [1.165, 1.54) is 0 Å². The van der Waals surface area contributed by atoms with E-state index in [0.29, 0.717) is 18.9 Å². The number of rotatable bonds is 4. The minimum Gasteiger partial charge on any atom is -0.420 e. The summed E-state index contributed by atoms with van der Waals surface area (Å²) < 4.78 is 5.24. The van der Waals surface area contributed by atoms with Crippen LogP contribution in [-0.2, 0) is 19.1 Å². The van der Waals surface area contributed by atoms with Gasteiger partial charge in [0.2, 0.25) is 5.76 Å². The molecule has 3 aliphatic carbocycles. The van der Waals surface area contributed by atoms with Gasteiger partial charge in [-0.1, -0.05) is 19.1 Å². The number of allylic oxidation sites excluding steroid dienone is 2. The number of ether oxygens (including phenoxy) is 1. The van der Waals surface area contributed by atoms with Gasteiger partial charge in [-0.15, -0.1) is 0 Å². The number of carbonyl (C=O) groups is 3. The normalized spacial score (nSPS) is 30.8. The fourth-order valence-corrected chi connectivity index (χ4v) is 3.38. The van der Waals surface area contributed by atoms with Crippen LogP contribution in [0.25, 0.3) is 0 Å². The van der Waals surface area contributed by atoms with Gasteiger partial charge < -0.3 is 4.74 Å². The van der Waals surface area contributed by atoms with E-state index in [-0.39, 0.29) is 23.6 Å². The van der Waals surface area contributed by atoms with Gasteiger partial charge in [-0.3, -0.25) is 19.3 Å². The van der Waals surface area contributed by atoms with Crippen molar-refractivity contribution in [1.29, 1.82) is 0 Å². The van der Waals surface area contributed by atoms with E-state index >= 15 is 0 Å². The predicted molar refractivity (Wildman–Crippen MR) is 74.6 cm³/mol. The molecule has 1 aliphatic heterocycles. The van der Waals surface area contributed by atoms with Crippen LogP contribution in [0.5, 0.6) is 0 Å². The molecule has 1 fully saturated rings.